The summed E-state index contributed by atoms with van der Waals surface area (Å²) in [6.45, 7) is 2.67. The predicted molar refractivity (Wildman–Crippen MR) is 145 cm³/mol. The SMILES string of the molecule is CCc1cccc(CNC[C@@H](O)[C@H](Cc2cc(F)cc(F)c2)NC(=O)CCC(=O)Nc2ccccc2C#N)c1. The molecule has 0 fully saturated rings. The summed E-state index contributed by atoms with van der Waals surface area (Å²) in [5.74, 6) is -2.47. The Labute approximate surface area is 226 Å². The van der Waals surface area contributed by atoms with Crippen LogP contribution >= 0.6 is 0 Å². The number of nitriles is 1. The van der Waals surface area contributed by atoms with Crippen molar-refractivity contribution in [3.63, 3.8) is 0 Å². The van der Waals surface area contributed by atoms with Crippen molar-refractivity contribution in [2.24, 2.45) is 0 Å². The number of aliphatic hydroxyl groups excluding tert-OH is 1. The van der Waals surface area contributed by atoms with E-state index in [0.29, 0.717) is 17.8 Å². The number of aryl methyl sites for hydroxylation is 1. The van der Waals surface area contributed by atoms with Crippen molar-refractivity contribution in [2.75, 3.05) is 11.9 Å². The maximum atomic E-state index is 13.8. The van der Waals surface area contributed by atoms with Crippen LogP contribution < -0.4 is 16.0 Å². The molecule has 0 saturated carbocycles. The zero-order valence-electron chi connectivity index (χ0n) is 21.7. The summed E-state index contributed by atoms with van der Waals surface area (Å²) < 4.78 is 27.5. The monoisotopic (exact) mass is 534 g/mol. The van der Waals surface area contributed by atoms with Crippen LogP contribution in [-0.4, -0.2) is 35.6 Å². The Bertz CT molecular complexity index is 1310. The van der Waals surface area contributed by atoms with Gasteiger partial charge in [0.2, 0.25) is 11.8 Å². The van der Waals surface area contributed by atoms with Crippen molar-refractivity contribution in [1.82, 2.24) is 10.6 Å². The number of rotatable bonds is 13. The minimum atomic E-state index is -1.08. The number of nitrogens with one attached hydrogen (secondary N) is 3. The van der Waals surface area contributed by atoms with Gasteiger partial charge in [-0.2, -0.15) is 5.26 Å². The lowest BCUT2D eigenvalue weighted by Gasteiger charge is -2.25. The highest BCUT2D eigenvalue weighted by Gasteiger charge is 2.23. The Morgan fingerprint density at radius 2 is 1.62 bits per heavy atom. The van der Waals surface area contributed by atoms with Gasteiger partial charge in [0.15, 0.2) is 0 Å². The van der Waals surface area contributed by atoms with Crippen LogP contribution in [0.3, 0.4) is 0 Å². The van der Waals surface area contributed by atoms with E-state index in [0.717, 1.165) is 30.2 Å². The summed E-state index contributed by atoms with van der Waals surface area (Å²) >= 11 is 0. The molecular weight excluding hydrogens is 502 g/mol. The first-order valence-electron chi connectivity index (χ1n) is 12.8. The van der Waals surface area contributed by atoms with Crippen LogP contribution in [0.15, 0.2) is 66.7 Å². The maximum Gasteiger partial charge on any atom is 0.224 e. The van der Waals surface area contributed by atoms with Crippen molar-refractivity contribution in [3.8, 4) is 6.07 Å². The minimum Gasteiger partial charge on any atom is -0.390 e. The molecule has 0 aliphatic heterocycles. The van der Waals surface area contributed by atoms with Gasteiger partial charge in [0.25, 0.3) is 0 Å². The van der Waals surface area contributed by atoms with Crippen LogP contribution in [0.5, 0.6) is 0 Å². The Hall–Kier alpha value is -4.13. The molecule has 0 bridgehead atoms. The number of hydrogen-bond donors (Lipinski definition) is 4. The Kier molecular flexibility index (Phi) is 11.1. The third-order valence-corrected chi connectivity index (χ3v) is 6.17. The normalized spacial score (nSPS) is 12.3. The van der Waals surface area contributed by atoms with E-state index in [1.807, 2.05) is 24.3 Å². The topological polar surface area (TPSA) is 114 Å². The first-order valence-corrected chi connectivity index (χ1v) is 12.8. The second-order valence-corrected chi connectivity index (χ2v) is 9.23. The van der Waals surface area contributed by atoms with Crippen LogP contribution in [0.1, 0.15) is 42.0 Å². The third-order valence-electron chi connectivity index (χ3n) is 6.17. The highest BCUT2D eigenvalue weighted by Crippen LogP contribution is 2.15. The highest BCUT2D eigenvalue weighted by atomic mass is 19.1. The van der Waals surface area contributed by atoms with E-state index < -0.39 is 35.6 Å². The van der Waals surface area contributed by atoms with E-state index in [2.05, 4.69) is 28.9 Å². The van der Waals surface area contributed by atoms with Gasteiger partial charge in [0.1, 0.15) is 17.7 Å². The van der Waals surface area contributed by atoms with Gasteiger partial charge in [0.05, 0.1) is 23.4 Å². The number of halogens is 2. The predicted octanol–water partition coefficient (Wildman–Crippen LogP) is 4.00. The number of amides is 2. The second kappa shape index (κ2) is 14.7. The minimum absolute atomic E-state index is 0.0175. The van der Waals surface area contributed by atoms with Crippen molar-refractivity contribution in [2.45, 2.75) is 51.3 Å². The average Bonchev–Trinajstić information content (AvgIpc) is 2.91. The smallest absolute Gasteiger partial charge is 0.224 e. The molecule has 3 aromatic carbocycles. The van der Waals surface area contributed by atoms with Crippen molar-refractivity contribution >= 4 is 17.5 Å². The van der Waals surface area contributed by atoms with Gasteiger partial charge in [-0.25, -0.2) is 8.78 Å². The molecule has 0 spiro atoms. The number of nitrogens with zero attached hydrogens (tertiary/aromatic N) is 1. The summed E-state index contributed by atoms with van der Waals surface area (Å²) in [5, 5.41) is 28.5. The second-order valence-electron chi connectivity index (χ2n) is 9.23. The molecule has 0 aliphatic carbocycles. The lowest BCUT2D eigenvalue weighted by atomic mass is 10.00. The first-order chi connectivity index (χ1) is 18.8. The molecule has 9 heteroatoms. The Balaban J connectivity index is 1.60. The van der Waals surface area contributed by atoms with Crippen LogP contribution in [0.2, 0.25) is 0 Å². The number of benzene rings is 3. The number of anilines is 1. The van der Waals surface area contributed by atoms with Gasteiger partial charge in [-0.3, -0.25) is 9.59 Å². The van der Waals surface area contributed by atoms with Crippen LogP contribution in [-0.2, 0) is 29.0 Å². The quantitative estimate of drug-likeness (QED) is 0.265. The first kappa shape index (κ1) is 29.4. The Morgan fingerprint density at radius 1 is 0.923 bits per heavy atom. The number of para-hydroxylation sites is 1. The van der Waals surface area contributed by atoms with Gasteiger partial charge >= 0.3 is 0 Å². The highest BCUT2D eigenvalue weighted by molar-refractivity contribution is 5.94. The van der Waals surface area contributed by atoms with Crippen LogP contribution in [0.4, 0.5) is 14.5 Å². The van der Waals surface area contributed by atoms with E-state index in [4.69, 9.17) is 5.26 Å². The van der Waals surface area contributed by atoms with Crippen LogP contribution in [0.25, 0.3) is 0 Å². The van der Waals surface area contributed by atoms with Crippen molar-refractivity contribution in [3.05, 3.63) is 101 Å². The molecule has 39 heavy (non-hydrogen) atoms. The molecule has 3 aromatic rings. The van der Waals surface area contributed by atoms with E-state index in [1.165, 1.54) is 5.56 Å². The average molecular weight is 535 g/mol. The standard InChI is InChI=1S/C30H32F2N4O3/c1-2-20-6-5-7-21(12-20)18-34-19-28(37)27(15-22-13-24(31)16-25(32)14-22)36-30(39)11-10-29(38)35-26-9-4-3-8-23(26)17-33/h3-9,12-14,16,27-28,34,37H,2,10-11,15,18-19H2,1H3,(H,35,38)(H,36,39)/t27-,28+/m0/s1. The fourth-order valence-electron chi connectivity index (χ4n) is 4.14. The summed E-state index contributed by atoms with van der Waals surface area (Å²) in [4.78, 5) is 25.1. The third kappa shape index (κ3) is 9.60. The molecule has 2 amide bonds. The van der Waals surface area contributed by atoms with Gasteiger partial charge in [0, 0.05) is 32.0 Å². The molecular formula is C30H32F2N4O3. The van der Waals surface area contributed by atoms with Gasteiger partial charge < -0.3 is 21.1 Å². The molecule has 4 N–H and O–H groups in total. The summed E-state index contributed by atoms with van der Waals surface area (Å²) in [5.41, 5.74) is 3.15. The lowest BCUT2D eigenvalue weighted by molar-refractivity contribution is -0.125. The number of carbonyl (C=O) groups is 2. The summed E-state index contributed by atoms with van der Waals surface area (Å²) in [6.07, 6.45) is -0.535. The summed E-state index contributed by atoms with van der Waals surface area (Å²) in [6, 6.07) is 18.7. The van der Waals surface area contributed by atoms with Gasteiger partial charge in [-0.05, 0) is 53.8 Å². The maximum absolute atomic E-state index is 13.8. The van der Waals surface area contributed by atoms with Crippen molar-refractivity contribution in [1.29, 1.82) is 5.26 Å². The van der Waals surface area contributed by atoms with Crippen molar-refractivity contribution < 1.29 is 23.5 Å². The fraction of sp³-hybridized carbons (Fsp3) is 0.300. The number of carbonyl (C=O) groups excluding carboxylic acids is 2. The van der Waals surface area contributed by atoms with E-state index in [1.54, 1.807) is 24.3 Å². The van der Waals surface area contributed by atoms with Gasteiger partial charge in [-0.15, -0.1) is 0 Å². The zero-order chi connectivity index (χ0) is 28.2. The molecule has 0 heterocycles. The fourth-order valence-corrected chi connectivity index (χ4v) is 4.14. The van der Waals surface area contributed by atoms with E-state index in [-0.39, 0.29) is 31.4 Å². The molecule has 3 rings (SSSR count). The lowest BCUT2D eigenvalue weighted by Crippen LogP contribution is -2.48. The largest absolute Gasteiger partial charge is 0.390 e. The molecule has 7 nitrogen and oxygen atoms in total. The molecule has 0 aromatic heterocycles. The number of aliphatic hydroxyl groups is 1. The zero-order valence-corrected chi connectivity index (χ0v) is 21.7. The van der Waals surface area contributed by atoms with Gasteiger partial charge in [-0.1, -0.05) is 43.3 Å². The number of hydrogen-bond acceptors (Lipinski definition) is 5. The molecule has 2 atom stereocenters. The van der Waals surface area contributed by atoms with E-state index >= 15 is 0 Å². The Morgan fingerprint density at radius 3 is 2.33 bits per heavy atom. The molecule has 0 aliphatic rings. The molecule has 0 saturated heterocycles. The molecule has 0 radical (unpaired) electrons. The molecule has 204 valence electrons. The van der Waals surface area contributed by atoms with E-state index in [9.17, 15) is 23.5 Å². The summed E-state index contributed by atoms with van der Waals surface area (Å²) in [7, 11) is 0. The molecule has 0 unspecified atom stereocenters. The van der Waals surface area contributed by atoms with Crippen LogP contribution in [0, 0.1) is 23.0 Å².